The first kappa shape index (κ1) is 19.5. The number of hydrogen-bond acceptors (Lipinski definition) is 4. The molecule has 0 aliphatic carbocycles. The van der Waals surface area contributed by atoms with Crippen LogP contribution in [0.4, 0.5) is 0 Å². The molecule has 0 spiro atoms. The van der Waals surface area contributed by atoms with E-state index >= 15 is 0 Å². The lowest BCUT2D eigenvalue weighted by Gasteiger charge is -2.21. The topological polar surface area (TPSA) is 49.8 Å². The summed E-state index contributed by atoms with van der Waals surface area (Å²) in [7, 11) is 0. The third-order valence-electron chi connectivity index (χ3n) is 3.86. The molecular formula is C19H31NO3. The molecule has 0 heterocycles. The standard InChI is InChI=1S/C19H31NO3/c1-3-5-13-20(14-6-4-2)15-7-8-16-23-19(22)17-9-11-18(21)12-10-17/h9-12,21H,3-8,13-16H2,1-2H3. The molecule has 0 saturated heterocycles. The van der Waals surface area contributed by atoms with E-state index in [1.54, 1.807) is 12.1 Å². The van der Waals surface area contributed by atoms with Crippen LogP contribution in [0, 0.1) is 0 Å². The smallest absolute Gasteiger partial charge is 0.338 e. The molecule has 130 valence electrons. The summed E-state index contributed by atoms with van der Waals surface area (Å²) in [6, 6.07) is 6.15. The van der Waals surface area contributed by atoms with Crippen molar-refractivity contribution in [2.24, 2.45) is 0 Å². The third-order valence-corrected chi connectivity index (χ3v) is 3.86. The number of phenolic OH excluding ortho intramolecular Hbond substituents is 1. The molecule has 0 unspecified atom stereocenters. The highest BCUT2D eigenvalue weighted by molar-refractivity contribution is 5.89. The van der Waals surface area contributed by atoms with Crippen LogP contribution in [-0.4, -0.2) is 42.2 Å². The zero-order chi connectivity index (χ0) is 16.9. The van der Waals surface area contributed by atoms with Crippen molar-refractivity contribution in [2.75, 3.05) is 26.2 Å². The van der Waals surface area contributed by atoms with Gasteiger partial charge in [-0.05, 0) is 69.6 Å². The van der Waals surface area contributed by atoms with Gasteiger partial charge in [0.2, 0.25) is 0 Å². The van der Waals surface area contributed by atoms with Crippen molar-refractivity contribution in [3.05, 3.63) is 29.8 Å². The van der Waals surface area contributed by atoms with Crippen LogP contribution in [0.25, 0.3) is 0 Å². The number of rotatable bonds is 12. The predicted octanol–water partition coefficient (Wildman–Crippen LogP) is 4.23. The van der Waals surface area contributed by atoms with E-state index in [4.69, 9.17) is 4.74 Å². The molecule has 0 aliphatic heterocycles. The van der Waals surface area contributed by atoms with Gasteiger partial charge in [-0.1, -0.05) is 26.7 Å². The quantitative estimate of drug-likeness (QED) is 0.462. The van der Waals surface area contributed by atoms with Gasteiger partial charge in [0.1, 0.15) is 5.75 Å². The summed E-state index contributed by atoms with van der Waals surface area (Å²) in [6.07, 6.45) is 6.90. The highest BCUT2D eigenvalue weighted by Gasteiger charge is 2.07. The molecule has 0 bridgehead atoms. The number of unbranched alkanes of at least 4 members (excludes halogenated alkanes) is 3. The molecular weight excluding hydrogens is 290 g/mol. The second-order valence-corrected chi connectivity index (χ2v) is 5.94. The SMILES string of the molecule is CCCCN(CCCC)CCCCOC(=O)c1ccc(O)cc1. The Bertz CT molecular complexity index is 423. The molecule has 23 heavy (non-hydrogen) atoms. The van der Waals surface area contributed by atoms with Gasteiger partial charge in [-0.15, -0.1) is 0 Å². The Hall–Kier alpha value is -1.55. The fourth-order valence-electron chi connectivity index (χ4n) is 2.38. The third kappa shape index (κ3) is 8.60. The molecule has 4 nitrogen and oxygen atoms in total. The van der Waals surface area contributed by atoms with Gasteiger partial charge in [0.25, 0.3) is 0 Å². The minimum absolute atomic E-state index is 0.154. The van der Waals surface area contributed by atoms with Gasteiger partial charge >= 0.3 is 5.97 Å². The van der Waals surface area contributed by atoms with Crippen LogP contribution < -0.4 is 0 Å². The zero-order valence-corrected chi connectivity index (χ0v) is 14.6. The van der Waals surface area contributed by atoms with E-state index in [0.29, 0.717) is 12.2 Å². The average Bonchev–Trinajstić information content (AvgIpc) is 2.56. The Morgan fingerprint density at radius 2 is 1.52 bits per heavy atom. The summed E-state index contributed by atoms with van der Waals surface area (Å²) < 4.78 is 5.27. The molecule has 1 aromatic carbocycles. The van der Waals surface area contributed by atoms with Crippen molar-refractivity contribution < 1.29 is 14.6 Å². The fraction of sp³-hybridized carbons (Fsp3) is 0.632. The van der Waals surface area contributed by atoms with Gasteiger partial charge in [0, 0.05) is 0 Å². The molecule has 0 fully saturated rings. The summed E-state index contributed by atoms with van der Waals surface area (Å²) in [6.45, 7) is 8.32. The number of phenols is 1. The monoisotopic (exact) mass is 321 g/mol. The van der Waals surface area contributed by atoms with E-state index < -0.39 is 0 Å². The van der Waals surface area contributed by atoms with Gasteiger partial charge in [0.15, 0.2) is 0 Å². The highest BCUT2D eigenvalue weighted by atomic mass is 16.5. The predicted molar refractivity (Wildman–Crippen MR) is 93.9 cm³/mol. The number of nitrogens with zero attached hydrogens (tertiary/aromatic N) is 1. The largest absolute Gasteiger partial charge is 0.508 e. The van der Waals surface area contributed by atoms with E-state index in [0.717, 1.165) is 19.4 Å². The first-order valence-corrected chi connectivity index (χ1v) is 8.85. The van der Waals surface area contributed by atoms with Gasteiger partial charge in [-0.3, -0.25) is 0 Å². The number of carbonyl (C=O) groups excluding carboxylic acids is 1. The second kappa shape index (κ2) is 11.9. The Morgan fingerprint density at radius 3 is 2.09 bits per heavy atom. The Morgan fingerprint density at radius 1 is 0.957 bits per heavy atom. The van der Waals surface area contributed by atoms with E-state index in [9.17, 15) is 9.90 Å². The summed E-state index contributed by atoms with van der Waals surface area (Å²) >= 11 is 0. The van der Waals surface area contributed by atoms with Crippen molar-refractivity contribution in [1.29, 1.82) is 0 Å². The number of hydrogen-bond donors (Lipinski definition) is 1. The molecule has 0 atom stereocenters. The van der Waals surface area contributed by atoms with Crippen LogP contribution in [0.5, 0.6) is 5.75 Å². The first-order valence-electron chi connectivity index (χ1n) is 8.85. The van der Waals surface area contributed by atoms with E-state index in [1.807, 2.05) is 0 Å². The zero-order valence-electron chi connectivity index (χ0n) is 14.6. The summed E-state index contributed by atoms with van der Waals surface area (Å²) in [5, 5.41) is 9.20. The summed E-state index contributed by atoms with van der Waals surface area (Å²) in [5.41, 5.74) is 0.482. The lowest BCUT2D eigenvalue weighted by molar-refractivity contribution is 0.0495. The molecule has 0 radical (unpaired) electrons. The molecule has 0 amide bonds. The Balaban J connectivity index is 2.19. The number of ether oxygens (including phenoxy) is 1. The summed E-state index contributed by atoms with van der Waals surface area (Å²) in [5.74, 6) is -0.167. The van der Waals surface area contributed by atoms with Crippen molar-refractivity contribution >= 4 is 5.97 Å². The number of carbonyl (C=O) groups is 1. The average molecular weight is 321 g/mol. The molecule has 1 aromatic rings. The molecule has 0 saturated carbocycles. The molecule has 0 aromatic heterocycles. The maximum Gasteiger partial charge on any atom is 0.338 e. The number of benzene rings is 1. The minimum Gasteiger partial charge on any atom is -0.508 e. The van der Waals surface area contributed by atoms with Crippen LogP contribution in [0.2, 0.25) is 0 Å². The van der Waals surface area contributed by atoms with Gasteiger partial charge < -0.3 is 14.7 Å². The van der Waals surface area contributed by atoms with E-state index in [-0.39, 0.29) is 11.7 Å². The van der Waals surface area contributed by atoms with E-state index in [1.165, 1.54) is 50.9 Å². The maximum absolute atomic E-state index is 11.8. The van der Waals surface area contributed by atoms with Crippen LogP contribution in [-0.2, 0) is 4.74 Å². The minimum atomic E-state index is -0.321. The number of aromatic hydroxyl groups is 1. The Labute approximate surface area is 140 Å². The normalized spacial score (nSPS) is 10.9. The molecule has 1 rings (SSSR count). The van der Waals surface area contributed by atoms with Crippen LogP contribution in [0.15, 0.2) is 24.3 Å². The van der Waals surface area contributed by atoms with Crippen LogP contribution in [0.1, 0.15) is 62.7 Å². The van der Waals surface area contributed by atoms with Gasteiger partial charge in [-0.2, -0.15) is 0 Å². The van der Waals surface area contributed by atoms with Crippen molar-refractivity contribution in [2.45, 2.75) is 52.4 Å². The van der Waals surface area contributed by atoms with Crippen molar-refractivity contribution in [3.8, 4) is 5.75 Å². The van der Waals surface area contributed by atoms with Crippen molar-refractivity contribution in [1.82, 2.24) is 4.90 Å². The Kier molecular flexibility index (Phi) is 10.1. The fourth-order valence-corrected chi connectivity index (χ4v) is 2.38. The summed E-state index contributed by atoms with van der Waals surface area (Å²) in [4.78, 5) is 14.3. The second-order valence-electron chi connectivity index (χ2n) is 5.94. The molecule has 4 heteroatoms. The molecule has 1 N–H and O–H groups in total. The maximum atomic E-state index is 11.8. The van der Waals surface area contributed by atoms with Crippen LogP contribution in [0.3, 0.4) is 0 Å². The number of esters is 1. The van der Waals surface area contributed by atoms with Gasteiger partial charge in [0.05, 0.1) is 12.2 Å². The van der Waals surface area contributed by atoms with Crippen LogP contribution >= 0.6 is 0 Å². The van der Waals surface area contributed by atoms with E-state index in [2.05, 4.69) is 18.7 Å². The highest BCUT2D eigenvalue weighted by Crippen LogP contribution is 2.11. The lowest BCUT2D eigenvalue weighted by Crippen LogP contribution is -2.27. The van der Waals surface area contributed by atoms with Gasteiger partial charge in [-0.25, -0.2) is 4.79 Å². The molecule has 0 aliphatic rings. The first-order chi connectivity index (χ1) is 11.2. The van der Waals surface area contributed by atoms with Crippen molar-refractivity contribution in [3.63, 3.8) is 0 Å². The lowest BCUT2D eigenvalue weighted by atomic mass is 10.2.